The van der Waals surface area contributed by atoms with E-state index in [1.54, 1.807) is 12.1 Å². The summed E-state index contributed by atoms with van der Waals surface area (Å²) in [6.07, 6.45) is 1.62. The Balaban J connectivity index is 1.26. The Morgan fingerprint density at radius 3 is 2.60 bits per heavy atom. The Labute approximate surface area is 202 Å². The monoisotopic (exact) mass is 470 g/mol. The van der Waals surface area contributed by atoms with E-state index in [9.17, 15) is 9.18 Å². The Kier molecular flexibility index (Phi) is 7.81. The molecular weight excluding hydrogens is 447 g/mol. The number of amides is 1. The van der Waals surface area contributed by atoms with Gasteiger partial charge in [-0.3, -0.25) is 4.79 Å². The van der Waals surface area contributed by atoms with E-state index in [1.807, 2.05) is 48.5 Å². The molecule has 0 radical (unpaired) electrons. The molecule has 0 fully saturated rings. The van der Waals surface area contributed by atoms with Crippen molar-refractivity contribution >= 4 is 11.6 Å². The fourth-order valence-electron chi connectivity index (χ4n) is 3.41. The molecule has 0 saturated heterocycles. The molecule has 1 amide bonds. The number of benzene rings is 3. The largest absolute Gasteiger partial charge is 0.489 e. The molecular formula is C27H23FN4O3. The molecule has 8 heteroatoms. The van der Waals surface area contributed by atoms with Crippen LogP contribution in [0.15, 0.2) is 77.3 Å². The van der Waals surface area contributed by atoms with E-state index < -0.39 is 0 Å². The van der Waals surface area contributed by atoms with Crippen LogP contribution in [0.5, 0.6) is 5.75 Å². The smallest absolute Gasteiger partial charge is 0.226 e. The molecule has 3 aromatic carbocycles. The van der Waals surface area contributed by atoms with Gasteiger partial charge in [-0.15, -0.1) is 0 Å². The second-order valence-electron chi connectivity index (χ2n) is 7.85. The molecule has 1 N–H and O–H groups in total. The van der Waals surface area contributed by atoms with Crippen molar-refractivity contribution in [1.29, 1.82) is 5.26 Å². The highest BCUT2D eigenvalue weighted by Gasteiger charge is 2.11. The van der Waals surface area contributed by atoms with Crippen LogP contribution in [0.2, 0.25) is 0 Å². The van der Waals surface area contributed by atoms with Crippen LogP contribution >= 0.6 is 0 Å². The van der Waals surface area contributed by atoms with Crippen molar-refractivity contribution in [1.82, 2.24) is 10.1 Å². The van der Waals surface area contributed by atoms with Crippen molar-refractivity contribution in [3.8, 4) is 23.2 Å². The summed E-state index contributed by atoms with van der Waals surface area (Å²) in [6.45, 7) is 0.294. The second kappa shape index (κ2) is 11.6. The molecule has 7 nitrogen and oxygen atoms in total. The van der Waals surface area contributed by atoms with Crippen molar-refractivity contribution in [3.63, 3.8) is 0 Å². The van der Waals surface area contributed by atoms with Gasteiger partial charge in [0.1, 0.15) is 18.2 Å². The van der Waals surface area contributed by atoms with Crippen molar-refractivity contribution in [3.05, 3.63) is 95.6 Å². The van der Waals surface area contributed by atoms with E-state index in [4.69, 9.17) is 14.5 Å². The van der Waals surface area contributed by atoms with E-state index in [1.165, 1.54) is 12.1 Å². The summed E-state index contributed by atoms with van der Waals surface area (Å²) in [7, 11) is 0. The molecule has 176 valence electrons. The second-order valence-corrected chi connectivity index (χ2v) is 7.85. The summed E-state index contributed by atoms with van der Waals surface area (Å²) in [5.74, 6) is 1.04. The predicted octanol–water partition coefficient (Wildman–Crippen LogP) is 5.48. The van der Waals surface area contributed by atoms with Gasteiger partial charge in [0.25, 0.3) is 0 Å². The maximum absolute atomic E-state index is 13.1. The molecule has 0 saturated carbocycles. The first-order valence-electron chi connectivity index (χ1n) is 11.2. The molecule has 1 heterocycles. The van der Waals surface area contributed by atoms with Crippen LogP contribution in [0.4, 0.5) is 10.1 Å². The molecule has 1 aromatic heterocycles. The molecule has 4 aromatic rings. The van der Waals surface area contributed by atoms with Gasteiger partial charge in [-0.1, -0.05) is 35.5 Å². The maximum Gasteiger partial charge on any atom is 0.226 e. The van der Waals surface area contributed by atoms with Gasteiger partial charge >= 0.3 is 0 Å². The Hall–Kier alpha value is -4.51. The van der Waals surface area contributed by atoms with Crippen LogP contribution < -0.4 is 10.1 Å². The molecule has 4 rings (SSSR count). The lowest BCUT2D eigenvalue weighted by Crippen LogP contribution is -2.13. The van der Waals surface area contributed by atoms with Crippen LogP contribution in [0.3, 0.4) is 0 Å². The molecule has 0 aliphatic heterocycles. The van der Waals surface area contributed by atoms with Gasteiger partial charge in [-0.05, 0) is 54.4 Å². The van der Waals surface area contributed by atoms with E-state index >= 15 is 0 Å². The normalized spacial score (nSPS) is 10.5. The summed E-state index contributed by atoms with van der Waals surface area (Å²) in [6, 6.07) is 22.8. The minimum absolute atomic E-state index is 0.128. The van der Waals surface area contributed by atoms with Gasteiger partial charge in [-0.2, -0.15) is 10.2 Å². The number of hydrogen-bond donors (Lipinski definition) is 1. The first kappa shape index (κ1) is 23.6. The number of anilines is 1. The Morgan fingerprint density at radius 1 is 1.06 bits per heavy atom. The highest BCUT2D eigenvalue weighted by atomic mass is 19.1. The predicted molar refractivity (Wildman–Crippen MR) is 128 cm³/mol. The summed E-state index contributed by atoms with van der Waals surface area (Å²) in [5.41, 5.74) is 3.13. The molecule has 0 aliphatic rings. The third kappa shape index (κ3) is 6.74. The summed E-state index contributed by atoms with van der Waals surface area (Å²) < 4.78 is 24.2. The molecule has 0 bridgehead atoms. The highest BCUT2D eigenvalue weighted by Crippen LogP contribution is 2.20. The minimum atomic E-state index is -0.331. The van der Waals surface area contributed by atoms with E-state index in [2.05, 4.69) is 21.5 Å². The van der Waals surface area contributed by atoms with Crippen molar-refractivity contribution in [2.45, 2.75) is 32.3 Å². The molecule has 0 unspecified atom stereocenters. The quantitative estimate of drug-likeness (QED) is 0.329. The van der Waals surface area contributed by atoms with Crippen molar-refractivity contribution in [2.75, 3.05) is 5.32 Å². The summed E-state index contributed by atoms with van der Waals surface area (Å²) in [5, 5.41) is 15.6. The van der Waals surface area contributed by atoms with Crippen molar-refractivity contribution in [2.24, 2.45) is 0 Å². The number of nitrogens with one attached hydrogen (secondary N) is 1. The standard InChI is InChI=1S/C27H23FN4O3/c28-22-12-10-20(11-13-22)27-31-26(35-32-27)7-3-6-25(33)30-24-5-2-1-4-21(24)18-34-23-14-8-19(9-15-23)16-17-29/h1-2,4-5,8-15H,3,6-7,16,18H2,(H,30,33). The van der Waals surface area contributed by atoms with Gasteiger partial charge in [0.15, 0.2) is 0 Å². The fourth-order valence-corrected chi connectivity index (χ4v) is 3.41. The molecule has 0 atom stereocenters. The number of carbonyl (C=O) groups is 1. The zero-order chi connectivity index (χ0) is 24.5. The van der Waals surface area contributed by atoms with Crippen LogP contribution in [0.1, 0.15) is 29.9 Å². The first-order valence-corrected chi connectivity index (χ1v) is 11.2. The van der Waals surface area contributed by atoms with Gasteiger partial charge in [0.05, 0.1) is 12.5 Å². The van der Waals surface area contributed by atoms with Crippen LogP contribution in [0.25, 0.3) is 11.4 Å². The van der Waals surface area contributed by atoms with Crippen molar-refractivity contribution < 1.29 is 18.4 Å². The SMILES string of the molecule is N#CCc1ccc(OCc2ccccc2NC(=O)CCCc2nc(-c3ccc(F)cc3)no2)cc1. The van der Waals surface area contributed by atoms with E-state index in [0.29, 0.717) is 54.6 Å². The number of carbonyl (C=O) groups excluding carboxylic acids is 1. The van der Waals surface area contributed by atoms with E-state index in [-0.39, 0.29) is 18.1 Å². The lowest BCUT2D eigenvalue weighted by Gasteiger charge is -2.12. The number of nitrogens with zero attached hydrogens (tertiary/aromatic N) is 3. The van der Waals surface area contributed by atoms with Gasteiger partial charge < -0.3 is 14.6 Å². The average Bonchev–Trinajstić information content (AvgIpc) is 3.34. The molecule has 0 spiro atoms. The number of aromatic nitrogens is 2. The van der Waals surface area contributed by atoms with Crippen LogP contribution in [-0.2, 0) is 24.2 Å². The lowest BCUT2D eigenvalue weighted by atomic mass is 10.1. The van der Waals surface area contributed by atoms with Gasteiger partial charge in [-0.25, -0.2) is 4.39 Å². The van der Waals surface area contributed by atoms with Gasteiger partial charge in [0.2, 0.25) is 17.6 Å². The Bertz CT molecular complexity index is 1310. The lowest BCUT2D eigenvalue weighted by molar-refractivity contribution is -0.116. The maximum atomic E-state index is 13.1. The Morgan fingerprint density at radius 2 is 1.83 bits per heavy atom. The summed E-state index contributed by atoms with van der Waals surface area (Å²) >= 11 is 0. The molecule has 0 aliphatic carbocycles. The van der Waals surface area contributed by atoms with Gasteiger partial charge in [0, 0.05) is 29.7 Å². The topological polar surface area (TPSA) is 101 Å². The van der Waals surface area contributed by atoms with E-state index in [0.717, 1.165) is 11.1 Å². The summed E-state index contributed by atoms with van der Waals surface area (Å²) in [4.78, 5) is 16.8. The van der Waals surface area contributed by atoms with Crippen LogP contribution in [0, 0.1) is 17.1 Å². The number of para-hydroxylation sites is 1. The average molecular weight is 471 g/mol. The third-order valence-corrected chi connectivity index (χ3v) is 5.26. The number of aryl methyl sites for hydroxylation is 1. The number of rotatable bonds is 10. The minimum Gasteiger partial charge on any atom is -0.489 e. The number of ether oxygens (including phenoxy) is 1. The third-order valence-electron chi connectivity index (χ3n) is 5.26. The number of nitriles is 1. The van der Waals surface area contributed by atoms with Crippen LogP contribution in [-0.4, -0.2) is 16.0 Å². The fraction of sp³-hybridized carbons (Fsp3) is 0.185. The highest BCUT2D eigenvalue weighted by molar-refractivity contribution is 5.91. The number of halogens is 1. The molecule has 35 heavy (non-hydrogen) atoms. The zero-order valence-electron chi connectivity index (χ0n) is 18.9. The zero-order valence-corrected chi connectivity index (χ0v) is 18.9. The first-order chi connectivity index (χ1) is 17.1. The number of hydrogen-bond acceptors (Lipinski definition) is 6.